The fraction of sp³-hybridized carbons (Fsp3) is 0.188. The second kappa shape index (κ2) is 6.44. The number of amides is 1. The van der Waals surface area contributed by atoms with Gasteiger partial charge in [0.2, 0.25) is 0 Å². The molecule has 0 aromatic heterocycles. The molecule has 0 aliphatic carbocycles. The molecule has 2 aromatic rings. The molecule has 1 atom stereocenters. The average molecular weight is 289 g/mol. The van der Waals surface area contributed by atoms with Crippen LogP contribution >= 0.6 is 11.6 Å². The summed E-state index contributed by atoms with van der Waals surface area (Å²) < 4.78 is 0. The van der Waals surface area contributed by atoms with Gasteiger partial charge in [-0.2, -0.15) is 0 Å². The van der Waals surface area contributed by atoms with Gasteiger partial charge in [-0.05, 0) is 30.2 Å². The van der Waals surface area contributed by atoms with Crippen molar-refractivity contribution in [1.82, 2.24) is 5.32 Å². The minimum atomic E-state index is -0.171. The lowest BCUT2D eigenvalue weighted by Crippen LogP contribution is -2.28. The van der Waals surface area contributed by atoms with Crippen molar-refractivity contribution in [2.45, 2.75) is 19.4 Å². The molecule has 20 heavy (non-hydrogen) atoms. The van der Waals surface area contributed by atoms with E-state index in [-0.39, 0.29) is 11.9 Å². The molecule has 0 aliphatic heterocycles. The van der Waals surface area contributed by atoms with Crippen molar-refractivity contribution in [2.75, 3.05) is 5.73 Å². The van der Waals surface area contributed by atoms with Crippen molar-refractivity contribution in [3.63, 3.8) is 0 Å². The summed E-state index contributed by atoms with van der Waals surface area (Å²) in [6, 6.07) is 14.7. The van der Waals surface area contributed by atoms with Gasteiger partial charge in [0.1, 0.15) is 0 Å². The molecular formula is C16H17ClN2O. The van der Waals surface area contributed by atoms with E-state index in [4.69, 9.17) is 17.3 Å². The lowest BCUT2D eigenvalue weighted by Gasteiger charge is -2.17. The predicted molar refractivity (Wildman–Crippen MR) is 82.8 cm³/mol. The van der Waals surface area contributed by atoms with Gasteiger partial charge in [0, 0.05) is 16.3 Å². The molecule has 3 nitrogen and oxygen atoms in total. The van der Waals surface area contributed by atoms with E-state index >= 15 is 0 Å². The molecule has 0 aliphatic rings. The van der Waals surface area contributed by atoms with Crippen molar-refractivity contribution in [1.29, 1.82) is 0 Å². The number of hydrogen-bond donors (Lipinski definition) is 2. The number of nitrogens with two attached hydrogens (primary N) is 1. The van der Waals surface area contributed by atoms with Crippen LogP contribution in [0.3, 0.4) is 0 Å². The van der Waals surface area contributed by atoms with E-state index in [1.54, 1.807) is 18.2 Å². The topological polar surface area (TPSA) is 55.1 Å². The van der Waals surface area contributed by atoms with E-state index < -0.39 is 0 Å². The summed E-state index contributed by atoms with van der Waals surface area (Å²) in [7, 11) is 0. The molecule has 0 heterocycles. The lowest BCUT2D eigenvalue weighted by atomic mass is 10.0. The van der Waals surface area contributed by atoms with Crippen LogP contribution < -0.4 is 11.1 Å². The largest absolute Gasteiger partial charge is 0.399 e. The predicted octanol–water partition coefficient (Wildman–Crippen LogP) is 3.80. The monoisotopic (exact) mass is 288 g/mol. The van der Waals surface area contributed by atoms with E-state index in [1.165, 1.54) is 0 Å². The molecule has 0 bridgehead atoms. The Kier molecular flexibility index (Phi) is 4.64. The molecular weight excluding hydrogens is 272 g/mol. The van der Waals surface area contributed by atoms with Crippen LogP contribution in [0.4, 0.5) is 5.69 Å². The second-order valence-electron chi connectivity index (χ2n) is 4.62. The molecule has 2 aromatic carbocycles. The quantitative estimate of drug-likeness (QED) is 0.841. The van der Waals surface area contributed by atoms with Crippen molar-refractivity contribution in [2.24, 2.45) is 0 Å². The van der Waals surface area contributed by atoms with Crippen LogP contribution in [0.5, 0.6) is 0 Å². The van der Waals surface area contributed by atoms with Crippen LogP contribution in [0.1, 0.15) is 35.3 Å². The molecule has 1 amide bonds. The van der Waals surface area contributed by atoms with Crippen molar-refractivity contribution < 1.29 is 4.79 Å². The van der Waals surface area contributed by atoms with Gasteiger partial charge in [0.05, 0.1) is 6.04 Å². The number of anilines is 1. The van der Waals surface area contributed by atoms with E-state index in [0.717, 1.165) is 12.0 Å². The molecule has 3 N–H and O–H groups in total. The Morgan fingerprint density at radius 1 is 1.25 bits per heavy atom. The molecule has 104 valence electrons. The van der Waals surface area contributed by atoms with Crippen LogP contribution in [0.15, 0.2) is 48.5 Å². The third kappa shape index (κ3) is 3.52. The second-order valence-corrected chi connectivity index (χ2v) is 5.05. The Balaban J connectivity index is 2.17. The minimum Gasteiger partial charge on any atom is -0.399 e. The SMILES string of the molecule is CCC(NC(=O)c1cc(N)cc(Cl)c1)c1ccccc1. The maximum atomic E-state index is 12.3. The number of rotatable bonds is 4. The summed E-state index contributed by atoms with van der Waals surface area (Å²) in [5.41, 5.74) is 7.75. The third-order valence-corrected chi connectivity index (χ3v) is 3.32. The lowest BCUT2D eigenvalue weighted by molar-refractivity contribution is 0.0935. The van der Waals surface area contributed by atoms with Gasteiger partial charge in [0.15, 0.2) is 0 Å². The van der Waals surface area contributed by atoms with Gasteiger partial charge in [-0.3, -0.25) is 4.79 Å². The average Bonchev–Trinajstić information content (AvgIpc) is 2.44. The first kappa shape index (κ1) is 14.4. The Hall–Kier alpha value is -2.00. The number of carbonyl (C=O) groups is 1. The van der Waals surface area contributed by atoms with Gasteiger partial charge >= 0.3 is 0 Å². The highest BCUT2D eigenvalue weighted by atomic mass is 35.5. The Bertz CT molecular complexity index is 578. The minimum absolute atomic E-state index is 0.0242. The van der Waals surface area contributed by atoms with Crippen molar-refractivity contribution in [3.05, 3.63) is 64.7 Å². The number of nitrogens with one attached hydrogen (secondary N) is 1. The Labute approximate surface area is 123 Å². The van der Waals surface area contributed by atoms with E-state index in [1.807, 2.05) is 37.3 Å². The summed E-state index contributed by atoms with van der Waals surface area (Å²) in [5, 5.41) is 3.46. The number of halogens is 1. The number of nitrogen functional groups attached to an aromatic ring is 1. The maximum Gasteiger partial charge on any atom is 0.251 e. The van der Waals surface area contributed by atoms with Gasteiger partial charge in [-0.15, -0.1) is 0 Å². The molecule has 1 unspecified atom stereocenters. The zero-order valence-corrected chi connectivity index (χ0v) is 12.0. The summed E-state index contributed by atoms with van der Waals surface area (Å²) in [6.07, 6.45) is 0.811. The molecule has 0 radical (unpaired) electrons. The zero-order chi connectivity index (χ0) is 14.5. The van der Waals surface area contributed by atoms with E-state index in [2.05, 4.69) is 5.32 Å². The smallest absolute Gasteiger partial charge is 0.251 e. The first-order valence-electron chi connectivity index (χ1n) is 6.52. The van der Waals surface area contributed by atoms with Gasteiger partial charge in [0.25, 0.3) is 5.91 Å². The normalized spacial score (nSPS) is 11.9. The fourth-order valence-electron chi connectivity index (χ4n) is 2.09. The van der Waals surface area contributed by atoms with Crippen molar-refractivity contribution >= 4 is 23.2 Å². The van der Waals surface area contributed by atoms with E-state index in [0.29, 0.717) is 16.3 Å². The zero-order valence-electron chi connectivity index (χ0n) is 11.3. The summed E-state index contributed by atoms with van der Waals surface area (Å²) in [6.45, 7) is 2.03. The molecule has 0 spiro atoms. The summed E-state index contributed by atoms with van der Waals surface area (Å²) in [4.78, 5) is 12.3. The fourth-order valence-corrected chi connectivity index (χ4v) is 2.33. The highest BCUT2D eigenvalue weighted by molar-refractivity contribution is 6.31. The van der Waals surface area contributed by atoms with Crippen LogP contribution in [-0.4, -0.2) is 5.91 Å². The van der Waals surface area contributed by atoms with E-state index in [9.17, 15) is 4.79 Å². The number of benzene rings is 2. The molecule has 0 saturated carbocycles. The molecule has 0 saturated heterocycles. The van der Waals surface area contributed by atoms with Crippen LogP contribution in [-0.2, 0) is 0 Å². The highest BCUT2D eigenvalue weighted by Crippen LogP contribution is 2.20. The first-order valence-corrected chi connectivity index (χ1v) is 6.90. The van der Waals surface area contributed by atoms with Gasteiger partial charge in [-0.25, -0.2) is 0 Å². The van der Waals surface area contributed by atoms with Crippen LogP contribution in [0.25, 0.3) is 0 Å². The Morgan fingerprint density at radius 3 is 2.55 bits per heavy atom. The first-order chi connectivity index (χ1) is 9.60. The van der Waals surface area contributed by atoms with Gasteiger partial charge in [-0.1, -0.05) is 48.9 Å². The maximum absolute atomic E-state index is 12.3. The van der Waals surface area contributed by atoms with Crippen LogP contribution in [0.2, 0.25) is 5.02 Å². The standard InChI is InChI=1S/C16H17ClN2O/c1-2-15(11-6-4-3-5-7-11)19-16(20)12-8-13(17)10-14(18)9-12/h3-10,15H,2,18H2,1H3,(H,19,20). The number of hydrogen-bond acceptors (Lipinski definition) is 2. The Morgan fingerprint density at radius 2 is 1.95 bits per heavy atom. The van der Waals surface area contributed by atoms with Crippen LogP contribution in [0, 0.1) is 0 Å². The molecule has 2 rings (SSSR count). The third-order valence-electron chi connectivity index (χ3n) is 3.10. The van der Waals surface area contributed by atoms with Gasteiger partial charge < -0.3 is 11.1 Å². The summed E-state index contributed by atoms with van der Waals surface area (Å²) >= 11 is 5.92. The molecule has 4 heteroatoms. The molecule has 0 fully saturated rings. The van der Waals surface area contributed by atoms with Crippen molar-refractivity contribution in [3.8, 4) is 0 Å². The highest BCUT2D eigenvalue weighted by Gasteiger charge is 2.14. The number of carbonyl (C=O) groups excluding carboxylic acids is 1. The summed E-state index contributed by atoms with van der Waals surface area (Å²) in [5.74, 6) is -0.171.